The summed E-state index contributed by atoms with van der Waals surface area (Å²) in [6.45, 7) is 6.53. The van der Waals surface area contributed by atoms with Gasteiger partial charge in [0.05, 0.1) is 0 Å². The number of carbonyl (C=O) groups is 3. The lowest BCUT2D eigenvalue weighted by molar-refractivity contribution is -0.167. The van der Waals surface area contributed by atoms with Crippen molar-refractivity contribution in [3.63, 3.8) is 0 Å². The number of hydrogen-bond donors (Lipinski definition) is 0. The molecule has 0 heterocycles. The lowest BCUT2D eigenvalue weighted by atomic mass is 10.0. The van der Waals surface area contributed by atoms with E-state index in [0.29, 0.717) is 19.3 Å². The van der Waals surface area contributed by atoms with E-state index in [1.165, 1.54) is 193 Å². The van der Waals surface area contributed by atoms with Crippen LogP contribution in [-0.2, 0) is 28.6 Å². The molecule has 81 heavy (non-hydrogen) atoms. The molecular weight excluding hydrogens is 997 g/mol. The second-order valence-corrected chi connectivity index (χ2v) is 23.1. The first-order valence-electron chi connectivity index (χ1n) is 34.7. The van der Waals surface area contributed by atoms with Crippen LogP contribution >= 0.6 is 0 Å². The van der Waals surface area contributed by atoms with Crippen molar-refractivity contribution in [3.05, 3.63) is 97.2 Å². The van der Waals surface area contributed by atoms with Crippen LogP contribution in [0.5, 0.6) is 0 Å². The van der Waals surface area contributed by atoms with E-state index < -0.39 is 6.10 Å². The van der Waals surface area contributed by atoms with Gasteiger partial charge in [-0.3, -0.25) is 14.4 Å². The molecule has 0 rings (SSSR count). The van der Waals surface area contributed by atoms with Crippen molar-refractivity contribution < 1.29 is 28.6 Å². The Balaban J connectivity index is 4.34. The van der Waals surface area contributed by atoms with Crippen molar-refractivity contribution in [2.24, 2.45) is 0 Å². The van der Waals surface area contributed by atoms with Gasteiger partial charge in [0, 0.05) is 19.3 Å². The fourth-order valence-corrected chi connectivity index (χ4v) is 9.85. The summed E-state index contributed by atoms with van der Waals surface area (Å²) in [6.07, 6.45) is 92.8. The van der Waals surface area contributed by atoms with Gasteiger partial charge >= 0.3 is 17.9 Å². The molecule has 0 aromatic rings. The summed E-state index contributed by atoms with van der Waals surface area (Å²) in [5.41, 5.74) is 0. The Hall–Kier alpha value is -3.67. The summed E-state index contributed by atoms with van der Waals surface area (Å²) < 4.78 is 17.0. The van der Waals surface area contributed by atoms with Crippen LogP contribution in [0, 0.1) is 0 Å². The minimum atomic E-state index is -0.789. The number of hydrogen-bond acceptors (Lipinski definition) is 6. The number of unbranched alkanes of at least 4 members (excludes halogenated alkanes) is 36. The molecule has 6 heteroatoms. The molecular formula is C75H130O6. The summed E-state index contributed by atoms with van der Waals surface area (Å²) >= 11 is 0. The smallest absolute Gasteiger partial charge is 0.306 e. The van der Waals surface area contributed by atoms with Gasteiger partial charge < -0.3 is 14.2 Å². The van der Waals surface area contributed by atoms with Crippen molar-refractivity contribution in [3.8, 4) is 0 Å². The average molecular weight is 1130 g/mol. The highest BCUT2D eigenvalue weighted by Gasteiger charge is 2.19. The van der Waals surface area contributed by atoms with E-state index in [4.69, 9.17) is 14.2 Å². The summed E-state index contributed by atoms with van der Waals surface area (Å²) in [7, 11) is 0. The SMILES string of the molecule is CC/C=C\C/C=C\C/C=C\C/C=C\CCCCCCCCCCC(=O)OC(COC(=O)CCCCCCC/C=C\CCCCCCCC)COC(=O)CCCCCCCCCCCCCC/C=C\C/C=C\C/C=C\CCCCCCC. The van der Waals surface area contributed by atoms with Crippen LogP contribution in [0.25, 0.3) is 0 Å². The predicted octanol–water partition coefficient (Wildman–Crippen LogP) is 24.0. The molecule has 0 aromatic heterocycles. The first-order chi connectivity index (χ1) is 40.0. The zero-order valence-corrected chi connectivity index (χ0v) is 53.5. The number of esters is 3. The second-order valence-electron chi connectivity index (χ2n) is 23.1. The zero-order chi connectivity index (χ0) is 58.5. The van der Waals surface area contributed by atoms with Gasteiger partial charge in [0.25, 0.3) is 0 Å². The van der Waals surface area contributed by atoms with Gasteiger partial charge in [0.2, 0.25) is 0 Å². The Bertz CT molecular complexity index is 1580. The molecule has 1 unspecified atom stereocenters. The molecule has 0 fully saturated rings. The molecule has 0 spiro atoms. The maximum atomic E-state index is 12.9. The summed E-state index contributed by atoms with van der Waals surface area (Å²) in [4.78, 5) is 38.4. The molecule has 0 bridgehead atoms. The van der Waals surface area contributed by atoms with E-state index in [9.17, 15) is 14.4 Å². The molecule has 0 saturated heterocycles. The van der Waals surface area contributed by atoms with E-state index >= 15 is 0 Å². The predicted molar refractivity (Wildman–Crippen MR) is 353 cm³/mol. The van der Waals surface area contributed by atoms with Crippen LogP contribution < -0.4 is 0 Å². The van der Waals surface area contributed by atoms with Crippen LogP contribution in [0.4, 0.5) is 0 Å². The number of ether oxygens (including phenoxy) is 3. The van der Waals surface area contributed by atoms with Gasteiger partial charge in [-0.1, -0.05) is 298 Å². The highest BCUT2D eigenvalue weighted by Crippen LogP contribution is 2.17. The molecule has 1 atom stereocenters. The second kappa shape index (κ2) is 68.8. The third kappa shape index (κ3) is 67.0. The van der Waals surface area contributed by atoms with Crippen LogP contribution in [0.15, 0.2) is 97.2 Å². The minimum Gasteiger partial charge on any atom is -0.462 e. The highest BCUT2D eigenvalue weighted by molar-refractivity contribution is 5.71. The Labute approximate surface area is 502 Å². The van der Waals surface area contributed by atoms with Crippen LogP contribution in [0.3, 0.4) is 0 Å². The van der Waals surface area contributed by atoms with E-state index in [-0.39, 0.29) is 31.1 Å². The standard InChI is InChI=1S/C75H130O6/c1-4-7-10-13-16-19-22-25-28-30-32-34-35-36-37-38-39-41-42-44-47-50-53-56-59-62-65-68-74(77)80-71-72(70-79-73(76)67-64-61-58-55-52-49-46-27-24-21-18-15-12-9-6-3)81-75(78)69-66-63-60-57-54-51-48-45-43-40-33-31-29-26-23-20-17-14-11-8-5-2/h8,11,17,20,22,25-27,29-30,32-33,35-36,40,46,72H,4-7,9-10,12-16,18-19,21,23-24,28,31,34,37-39,41-45,47-71H2,1-3H3/b11-8-,20-17-,25-22-,29-26-,32-30-,36-35-,40-33-,46-27-. The van der Waals surface area contributed by atoms with Gasteiger partial charge in [-0.05, 0) is 122 Å². The van der Waals surface area contributed by atoms with Crippen molar-refractivity contribution in [1.29, 1.82) is 0 Å². The van der Waals surface area contributed by atoms with Crippen LogP contribution in [-0.4, -0.2) is 37.2 Å². The fraction of sp³-hybridized carbons (Fsp3) is 0.747. The molecule has 0 saturated carbocycles. The molecule has 0 aliphatic carbocycles. The van der Waals surface area contributed by atoms with Gasteiger partial charge in [-0.15, -0.1) is 0 Å². The fourth-order valence-electron chi connectivity index (χ4n) is 9.85. The lowest BCUT2D eigenvalue weighted by Gasteiger charge is -2.18. The molecule has 0 radical (unpaired) electrons. The molecule has 0 aliphatic rings. The maximum absolute atomic E-state index is 12.9. The molecule has 6 nitrogen and oxygen atoms in total. The number of carbonyl (C=O) groups excluding carboxylic acids is 3. The number of allylic oxidation sites excluding steroid dienone is 16. The Morgan fingerprint density at radius 2 is 0.481 bits per heavy atom. The van der Waals surface area contributed by atoms with Crippen molar-refractivity contribution in [2.45, 2.75) is 348 Å². The molecule has 0 aliphatic heterocycles. The molecule has 0 N–H and O–H groups in total. The monoisotopic (exact) mass is 1130 g/mol. The van der Waals surface area contributed by atoms with Gasteiger partial charge in [0.1, 0.15) is 13.2 Å². The average Bonchev–Trinajstić information content (AvgIpc) is 3.47. The largest absolute Gasteiger partial charge is 0.462 e. The van der Waals surface area contributed by atoms with Gasteiger partial charge in [0.15, 0.2) is 6.10 Å². The summed E-state index contributed by atoms with van der Waals surface area (Å²) in [5, 5.41) is 0. The van der Waals surface area contributed by atoms with E-state index in [1.54, 1.807) is 0 Å². The maximum Gasteiger partial charge on any atom is 0.306 e. The topological polar surface area (TPSA) is 78.9 Å². The third-order valence-corrected chi connectivity index (χ3v) is 15.0. The Kier molecular flexibility index (Phi) is 65.7. The van der Waals surface area contributed by atoms with Gasteiger partial charge in [-0.2, -0.15) is 0 Å². The van der Waals surface area contributed by atoms with Crippen molar-refractivity contribution in [2.75, 3.05) is 13.2 Å². The summed E-state index contributed by atoms with van der Waals surface area (Å²) in [5.74, 6) is -0.887. The Morgan fingerprint density at radius 1 is 0.259 bits per heavy atom. The van der Waals surface area contributed by atoms with Crippen molar-refractivity contribution in [1.82, 2.24) is 0 Å². The molecule has 466 valence electrons. The van der Waals surface area contributed by atoms with Gasteiger partial charge in [-0.25, -0.2) is 0 Å². The van der Waals surface area contributed by atoms with E-state index in [1.807, 2.05) is 0 Å². The van der Waals surface area contributed by atoms with E-state index in [2.05, 4.69) is 118 Å². The van der Waals surface area contributed by atoms with Crippen molar-refractivity contribution >= 4 is 17.9 Å². The lowest BCUT2D eigenvalue weighted by Crippen LogP contribution is -2.30. The van der Waals surface area contributed by atoms with Crippen LogP contribution in [0.2, 0.25) is 0 Å². The third-order valence-electron chi connectivity index (χ3n) is 15.0. The molecule has 0 amide bonds. The normalized spacial score (nSPS) is 12.7. The Morgan fingerprint density at radius 3 is 0.765 bits per heavy atom. The molecule has 0 aromatic carbocycles. The first-order valence-corrected chi connectivity index (χ1v) is 34.7. The summed E-state index contributed by atoms with van der Waals surface area (Å²) in [6, 6.07) is 0. The minimum absolute atomic E-state index is 0.0831. The zero-order valence-electron chi connectivity index (χ0n) is 53.5. The first kappa shape index (κ1) is 77.3. The number of rotatable bonds is 63. The highest BCUT2D eigenvalue weighted by atomic mass is 16.6. The quantitative estimate of drug-likeness (QED) is 0.0261. The van der Waals surface area contributed by atoms with E-state index in [0.717, 1.165) is 109 Å². The van der Waals surface area contributed by atoms with Crippen LogP contribution in [0.1, 0.15) is 342 Å².